The maximum absolute atomic E-state index is 11.8. The number of rotatable bonds is 5. The predicted molar refractivity (Wildman–Crippen MR) is 66.0 cm³/mol. The minimum atomic E-state index is -0.526. The molecule has 0 aliphatic heterocycles. The number of benzene rings is 1. The number of nitrogen functional groups attached to an aromatic ring is 1. The summed E-state index contributed by atoms with van der Waals surface area (Å²) in [4.78, 5) is 11.8. The molecule has 0 saturated carbocycles. The van der Waals surface area contributed by atoms with Crippen LogP contribution in [-0.2, 0) is 0 Å². The smallest absolute Gasteiger partial charge is 0.251 e. The van der Waals surface area contributed by atoms with Crippen molar-refractivity contribution in [3.05, 3.63) is 23.8 Å². The maximum atomic E-state index is 11.8. The highest BCUT2D eigenvalue weighted by Gasteiger charge is 2.09. The van der Waals surface area contributed by atoms with E-state index >= 15 is 0 Å². The number of amides is 1. The van der Waals surface area contributed by atoms with E-state index in [1.54, 1.807) is 18.2 Å². The van der Waals surface area contributed by atoms with Gasteiger partial charge in [-0.2, -0.15) is 0 Å². The molecule has 1 atom stereocenters. The third-order valence-corrected chi connectivity index (χ3v) is 2.40. The van der Waals surface area contributed by atoms with E-state index in [-0.39, 0.29) is 12.5 Å². The number of carbonyl (C=O) groups is 1. The molecule has 0 radical (unpaired) electrons. The average Bonchev–Trinajstić information content (AvgIpc) is 2.34. The normalized spacial score (nSPS) is 11.9. The van der Waals surface area contributed by atoms with E-state index in [1.165, 1.54) is 7.11 Å². The number of hydrogen-bond donors (Lipinski definition) is 3. The lowest BCUT2D eigenvalue weighted by Crippen LogP contribution is -2.31. The first-order chi connectivity index (χ1) is 8.06. The summed E-state index contributed by atoms with van der Waals surface area (Å²) in [6.07, 6.45) is 0.0717. The minimum Gasteiger partial charge on any atom is -0.497 e. The van der Waals surface area contributed by atoms with Gasteiger partial charge in [-0.05, 0) is 18.6 Å². The van der Waals surface area contributed by atoms with E-state index in [4.69, 9.17) is 10.5 Å². The SMILES string of the molecule is CCC(O)CNC(=O)c1cc(N)cc(OC)c1. The van der Waals surface area contributed by atoms with Crippen LogP contribution in [-0.4, -0.2) is 30.8 Å². The van der Waals surface area contributed by atoms with Gasteiger partial charge in [0.2, 0.25) is 0 Å². The van der Waals surface area contributed by atoms with Crippen LogP contribution in [0.15, 0.2) is 18.2 Å². The lowest BCUT2D eigenvalue weighted by atomic mass is 10.1. The number of nitrogens with two attached hydrogens (primary N) is 1. The number of nitrogens with one attached hydrogen (secondary N) is 1. The molecule has 4 N–H and O–H groups in total. The Morgan fingerprint density at radius 3 is 2.82 bits per heavy atom. The molecular formula is C12H18N2O3. The zero-order valence-corrected chi connectivity index (χ0v) is 10.1. The van der Waals surface area contributed by atoms with Crippen LogP contribution in [0.4, 0.5) is 5.69 Å². The summed E-state index contributed by atoms with van der Waals surface area (Å²) in [6, 6.07) is 4.80. The molecule has 0 saturated heterocycles. The first-order valence-corrected chi connectivity index (χ1v) is 5.47. The zero-order valence-electron chi connectivity index (χ0n) is 10.1. The van der Waals surface area contributed by atoms with Crippen LogP contribution in [0.3, 0.4) is 0 Å². The molecule has 1 aromatic rings. The number of hydrogen-bond acceptors (Lipinski definition) is 4. The molecule has 0 fully saturated rings. The summed E-state index contributed by atoms with van der Waals surface area (Å²) >= 11 is 0. The van der Waals surface area contributed by atoms with Crippen molar-refractivity contribution in [2.45, 2.75) is 19.4 Å². The van der Waals surface area contributed by atoms with Crippen molar-refractivity contribution in [1.82, 2.24) is 5.32 Å². The summed E-state index contributed by atoms with van der Waals surface area (Å²) < 4.78 is 5.02. The molecule has 1 amide bonds. The van der Waals surface area contributed by atoms with Crippen molar-refractivity contribution in [1.29, 1.82) is 0 Å². The molecule has 1 aromatic carbocycles. The van der Waals surface area contributed by atoms with Crippen LogP contribution in [0.2, 0.25) is 0 Å². The number of aliphatic hydroxyl groups excluding tert-OH is 1. The molecule has 0 spiro atoms. The molecule has 0 aliphatic rings. The lowest BCUT2D eigenvalue weighted by Gasteiger charge is -2.10. The number of ether oxygens (including phenoxy) is 1. The fourth-order valence-electron chi connectivity index (χ4n) is 1.33. The Morgan fingerprint density at radius 1 is 1.53 bits per heavy atom. The molecule has 5 nitrogen and oxygen atoms in total. The van der Waals surface area contributed by atoms with Crippen LogP contribution in [0.5, 0.6) is 5.75 Å². The van der Waals surface area contributed by atoms with Gasteiger partial charge in [-0.15, -0.1) is 0 Å². The highest BCUT2D eigenvalue weighted by Crippen LogP contribution is 2.18. The summed E-state index contributed by atoms with van der Waals surface area (Å²) in [7, 11) is 1.51. The van der Waals surface area contributed by atoms with Gasteiger partial charge in [-0.25, -0.2) is 0 Å². The molecule has 0 aromatic heterocycles. The summed E-state index contributed by atoms with van der Waals surface area (Å²) in [5.41, 5.74) is 6.53. The maximum Gasteiger partial charge on any atom is 0.251 e. The first-order valence-electron chi connectivity index (χ1n) is 5.47. The summed E-state index contributed by atoms with van der Waals surface area (Å²) in [5.74, 6) is 0.259. The largest absolute Gasteiger partial charge is 0.497 e. The van der Waals surface area contributed by atoms with Gasteiger partial charge >= 0.3 is 0 Å². The van der Waals surface area contributed by atoms with Gasteiger partial charge in [0.15, 0.2) is 0 Å². The topological polar surface area (TPSA) is 84.6 Å². The molecule has 0 aliphatic carbocycles. The van der Waals surface area contributed by atoms with Crippen molar-refractivity contribution < 1.29 is 14.6 Å². The highest BCUT2D eigenvalue weighted by atomic mass is 16.5. The molecule has 1 unspecified atom stereocenters. The molecule has 5 heteroatoms. The number of methoxy groups -OCH3 is 1. The average molecular weight is 238 g/mol. The molecule has 94 valence electrons. The Bertz CT molecular complexity index is 393. The van der Waals surface area contributed by atoms with E-state index in [0.29, 0.717) is 23.4 Å². The van der Waals surface area contributed by atoms with Crippen LogP contribution >= 0.6 is 0 Å². The van der Waals surface area contributed by atoms with Crippen molar-refractivity contribution in [3.63, 3.8) is 0 Å². The quantitative estimate of drug-likeness (QED) is 0.662. The van der Waals surface area contributed by atoms with Gasteiger partial charge in [0, 0.05) is 23.9 Å². The predicted octanol–water partition coefficient (Wildman–Crippen LogP) is 0.778. The van der Waals surface area contributed by atoms with E-state index in [1.807, 2.05) is 6.92 Å². The number of aliphatic hydroxyl groups is 1. The van der Waals surface area contributed by atoms with E-state index in [0.717, 1.165) is 0 Å². The van der Waals surface area contributed by atoms with Gasteiger partial charge in [-0.3, -0.25) is 4.79 Å². The van der Waals surface area contributed by atoms with Crippen LogP contribution in [0, 0.1) is 0 Å². The number of anilines is 1. The van der Waals surface area contributed by atoms with Crippen LogP contribution in [0.25, 0.3) is 0 Å². The van der Waals surface area contributed by atoms with E-state index < -0.39 is 6.10 Å². The van der Waals surface area contributed by atoms with Gasteiger partial charge in [0.1, 0.15) is 5.75 Å². The van der Waals surface area contributed by atoms with Crippen molar-refractivity contribution >= 4 is 11.6 Å². The van der Waals surface area contributed by atoms with Gasteiger partial charge in [-0.1, -0.05) is 6.92 Å². The second kappa shape index (κ2) is 6.10. The van der Waals surface area contributed by atoms with Gasteiger partial charge in [0.05, 0.1) is 13.2 Å². The summed E-state index contributed by atoms with van der Waals surface area (Å²) in [6.45, 7) is 2.08. The Morgan fingerprint density at radius 2 is 2.24 bits per heavy atom. The number of carbonyl (C=O) groups excluding carboxylic acids is 1. The zero-order chi connectivity index (χ0) is 12.8. The van der Waals surface area contributed by atoms with Crippen LogP contribution in [0.1, 0.15) is 23.7 Å². The van der Waals surface area contributed by atoms with Crippen molar-refractivity contribution in [3.8, 4) is 5.75 Å². The molecule has 1 rings (SSSR count). The van der Waals surface area contributed by atoms with Crippen molar-refractivity contribution in [2.24, 2.45) is 0 Å². The second-order valence-corrected chi connectivity index (χ2v) is 3.77. The molecule has 0 bridgehead atoms. The second-order valence-electron chi connectivity index (χ2n) is 3.77. The van der Waals surface area contributed by atoms with Crippen LogP contribution < -0.4 is 15.8 Å². The fourth-order valence-corrected chi connectivity index (χ4v) is 1.33. The van der Waals surface area contributed by atoms with Gasteiger partial charge in [0.25, 0.3) is 5.91 Å². The van der Waals surface area contributed by atoms with E-state index in [9.17, 15) is 9.90 Å². The third kappa shape index (κ3) is 3.96. The molecular weight excluding hydrogens is 220 g/mol. The lowest BCUT2D eigenvalue weighted by molar-refractivity contribution is 0.0913. The fraction of sp³-hybridized carbons (Fsp3) is 0.417. The Labute approximate surface area is 101 Å². The Balaban J connectivity index is 2.71. The molecule has 0 heterocycles. The summed E-state index contributed by atoms with van der Waals surface area (Å²) in [5, 5.41) is 12.0. The Kier molecular flexibility index (Phi) is 4.78. The minimum absolute atomic E-state index is 0.229. The first kappa shape index (κ1) is 13.3. The van der Waals surface area contributed by atoms with E-state index in [2.05, 4.69) is 5.32 Å². The van der Waals surface area contributed by atoms with Crippen molar-refractivity contribution in [2.75, 3.05) is 19.4 Å². The van der Waals surface area contributed by atoms with Gasteiger partial charge < -0.3 is 20.9 Å². The standard InChI is InChI=1S/C12H18N2O3/c1-3-10(15)7-14-12(16)8-4-9(13)6-11(5-8)17-2/h4-6,10,15H,3,7,13H2,1-2H3,(H,14,16). The highest BCUT2D eigenvalue weighted by molar-refractivity contribution is 5.95. The Hall–Kier alpha value is -1.75. The third-order valence-electron chi connectivity index (χ3n) is 2.40. The molecule has 17 heavy (non-hydrogen) atoms. The monoisotopic (exact) mass is 238 g/mol.